The van der Waals surface area contributed by atoms with Gasteiger partial charge in [-0.2, -0.15) is 23.5 Å². The molecule has 0 radical (unpaired) electrons. The first-order valence-corrected chi connectivity index (χ1v) is 19.4. The molecule has 0 spiro atoms. The monoisotopic (exact) mass is 586 g/mol. The van der Waals surface area contributed by atoms with Crippen LogP contribution in [-0.4, -0.2) is 60.5 Å². The van der Waals surface area contributed by atoms with Gasteiger partial charge in [0.2, 0.25) is 5.91 Å². The number of amides is 1. The second kappa shape index (κ2) is 32.6. The molecule has 1 unspecified atom stereocenters. The molecule has 1 atom stereocenters. The number of carbonyl (C=O) groups is 1. The first-order chi connectivity index (χ1) is 19.1. The maximum absolute atomic E-state index is 12.2. The maximum atomic E-state index is 12.2. The summed E-state index contributed by atoms with van der Waals surface area (Å²) in [5, 5.41) is 3.79. The maximum Gasteiger partial charge on any atom is 0.220 e. The predicted molar refractivity (Wildman–Crippen MR) is 183 cm³/mol. The standard InChI is InChI=1S/C34H70N2OS2/c1-5-7-9-11-13-15-17-19-21-23-30-38-32-33(26-25-27-34(37)35-28-29-36(3)4)39-31-24-22-20-18-16-14-12-10-8-6-2/h33H,5-32H2,1-4H3,(H,35,37). The lowest BCUT2D eigenvalue weighted by molar-refractivity contribution is -0.121. The van der Waals surface area contributed by atoms with Crippen LogP contribution in [0.3, 0.4) is 0 Å². The highest BCUT2D eigenvalue weighted by molar-refractivity contribution is 8.03. The van der Waals surface area contributed by atoms with Crippen molar-refractivity contribution < 1.29 is 4.79 Å². The Labute approximate surface area is 254 Å². The number of hydrogen-bond acceptors (Lipinski definition) is 4. The third-order valence-corrected chi connectivity index (χ3v) is 10.4. The fraction of sp³-hybridized carbons (Fsp3) is 0.971. The van der Waals surface area contributed by atoms with E-state index < -0.39 is 0 Å². The Morgan fingerprint density at radius 1 is 0.641 bits per heavy atom. The number of unbranched alkanes of at least 4 members (excludes halogenated alkanes) is 18. The smallest absolute Gasteiger partial charge is 0.220 e. The van der Waals surface area contributed by atoms with Crippen LogP contribution in [0.25, 0.3) is 0 Å². The van der Waals surface area contributed by atoms with Crippen molar-refractivity contribution in [2.75, 3.05) is 44.4 Å². The van der Waals surface area contributed by atoms with Gasteiger partial charge in [0.25, 0.3) is 0 Å². The van der Waals surface area contributed by atoms with Gasteiger partial charge in [-0.15, -0.1) is 0 Å². The molecule has 234 valence electrons. The van der Waals surface area contributed by atoms with Gasteiger partial charge in [0, 0.05) is 30.5 Å². The number of carbonyl (C=O) groups excluding carboxylic acids is 1. The number of rotatable bonds is 32. The van der Waals surface area contributed by atoms with Gasteiger partial charge in [-0.3, -0.25) is 4.79 Å². The van der Waals surface area contributed by atoms with Gasteiger partial charge in [0.05, 0.1) is 0 Å². The van der Waals surface area contributed by atoms with Crippen molar-refractivity contribution in [3.8, 4) is 0 Å². The van der Waals surface area contributed by atoms with Crippen molar-refractivity contribution in [1.82, 2.24) is 10.2 Å². The fourth-order valence-corrected chi connectivity index (χ4v) is 7.67. The van der Waals surface area contributed by atoms with E-state index >= 15 is 0 Å². The third kappa shape index (κ3) is 32.5. The van der Waals surface area contributed by atoms with Crippen LogP contribution in [0.5, 0.6) is 0 Å². The van der Waals surface area contributed by atoms with E-state index in [1.165, 1.54) is 152 Å². The van der Waals surface area contributed by atoms with Crippen LogP contribution in [0.2, 0.25) is 0 Å². The first kappa shape index (κ1) is 39.1. The van der Waals surface area contributed by atoms with Crippen molar-refractivity contribution in [1.29, 1.82) is 0 Å². The number of hydrogen-bond donors (Lipinski definition) is 1. The summed E-state index contributed by atoms with van der Waals surface area (Å²) in [6.45, 7) is 6.27. The Bertz CT molecular complexity index is 490. The van der Waals surface area contributed by atoms with E-state index in [2.05, 4.69) is 61.7 Å². The van der Waals surface area contributed by atoms with Crippen molar-refractivity contribution in [2.45, 2.75) is 167 Å². The quantitative estimate of drug-likeness (QED) is 0.0795. The first-order valence-electron chi connectivity index (χ1n) is 17.2. The van der Waals surface area contributed by atoms with E-state index in [9.17, 15) is 4.79 Å². The molecule has 39 heavy (non-hydrogen) atoms. The molecule has 1 N–H and O–H groups in total. The zero-order chi connectivity index (χ0) is 28.7. The molecule has 5 heteroatoms. The van der Waals surface area contributed by atoms with E-state index in [4.69, 9.17) is 0 Å². The summed E-state index contributed by atoms with van der Waals surface area (Å²) in [5.41, 5.74) is 0. The topological polar surface area (TPSA) is 32.3 Å². The van der Waals surface area contributed by atoms with Crippen LogP contribution >= 0.6 is 23.5 Å². The van der Waals surface area contributed by atoms with Crippen molar-refractivity contribution in [3.63, 3.8) is 0 Å². The SMILES string of the molecule is CCCCCCCCCCCCSCC(CCCC(=O)NCCN(C)C)SCCCCCCCCCCCC. The minimum atomic E-state index is 0.230. The molecule has 0 aromatic heterocycles. The number of nitrogens with one attached hydrogen (secondary N) is 1. The third-order valence-electron chi connectivity index (χ3n) is 7.61. The van der Waals surface area contributed by atoms with E-state index in [-0.39, 0.29) is 5.91 Å². The molecule has 0 aliphatic carbocycles. The molecule has 0 aliphatic rings. The van der Waals surface area contributed by atoms with E-state index in [0.29, 0.717) is 11.7 Å². The number of likely N-dealkylation sites (N-methyl/N-ethyl adjacent to an activating group) is 1. The van der Waals surface area contributed by atoms with Crippen LogP contribution in [0, 0.1) is 0 Å². The van der Waals surface area contributed by atoms with Crippen LogP contribution in [0.1, 0.15) is 162 Å². The summed E-state index contributed by atoms with van der Waals surface area (Å²) in [6, 6.07) is 0. The molecule has 0 bridgehead atoms. The van der Waals surface area contributed by atoms with Crippen molar-refractivity contribution >= 4 is 29.4 Å². The van der Waals surface area contributed by atoms with Gasteiger partial charge in [-0.1, -0.05) is 129 Å². The van der Waals surface area contributed by atoms with Crippen molar-refractivity contribution in [2.24, 2.45) is 0 Å². The summed E-state index contributed by atoms with van der Waals surface area (Å²) in [7, 11) is 4.10. The number of nitrogens with zero attached hydrogens (tertiary/aromatic N) is 1. The molecule has 3 nitrogen and oxygen atoms in total. The Hall–Kier alpha value is 0.130. The van der Waals surface area contributed by atoms with Gasteiger partial charge in [-0.05, 0) is 51.3 Å². The van der Waals surface area contributed by atoms with Crippen LogP contribution in [-0.2, 0) is 4.79 Å². The molecule has 0 saturated heterocycles. The summed E-state index contributed by atoms with van der Waals surface area (Å²) in [5.74, 6) is 4.11. The van der Waals surface area contributed by atoms with Crippen molar-refractivity contribution in [3.05, 3.63) is 0 Å². The lowest BCUT2D eigenvalue weighted by Gasteiger charge is -2.17. The molecule has 0 saturated carbocycles. The lowest BCUT2D eigenvalue weighted by atomic mass is 10.1. The van der Waals surface area contributed by atoms with Gasteiger partial charge in [0.1, 0.15) is 0 Å². The zero-order valence-corrected chi connectivity index (χ0v) is 28.7. The summed E-state index contributed by atoms with van der Waals surface area (Å²) >= 11 is 4.37. The highest BCUT2D eigenvalue weighted by Gasteiger charge is 2.11. The molecular weight excluding hydrogens is 517 g/mol. The second-order valence-corrected chi connectivity index (χ2v) is 14.5. The van der Waals surface area contributed by atoms with Gasteiger partial charge >= 0.3 is 0 Å². The van der Waals surface area contributed by atoms with E-state index in [0.717, 1.165) is 19.5 Å². The minimum Gasteiger partial charge on any atom is -0.355 e. The molecule has 1 amide bonds. The van der Waals surface area contributed by atoms with Gasteiger partial charge in [0.15, 0.2) is 0 Å². The lowest BCUT2D eigenvalue weighted by Crippen LogP contribution is -2.31. The van der Waals surface area contributed by atoms with E-state index in [1.54, 1.807) is 0 Å². The van der Waals surface area contributed by atoms with Gasteiger partial charge < -0.3 is 10.2 Å². The average Bonchev–Trinajstić information content (AvgIpc) is 2.91. The number of thioether (sulfide) groups is 2. The van der Waals surface area contributed by atoms with Crippen LogP contribution < -0.4 is 5.32 Å². The average molecular weight is 587 g/mol. The molecule has 0 rings (SSSR count). The molecule has 0 heterocycles. The molecule has 0 aliphatic heterocycles. The fourth-order valence-electron chi connectivity index (χ4n) is 4.96. The summed E-state index contributed by atoms with van der Waals surface area (Å²) < 4.78 is 0. The summed E-state index contributed by atoms with van der Waals surface area (Å²) in [4.78, 5) is 14.3. The summed E-state index contributed by atoms with van der Waals surface area (Å²) in [6.07, 6.45) is 31.2. The molecule has 0 aromatic carbocycles. The molecule has 0 fully saturated rings. The molecular formula is C34H70N2OS2. The zero-order valence-electron chi connectivity index (χ0n) is 27.0. The van der Waals surface area contributed by atoms with Gasteiger partial charge in [-0.25, -0.2) is 0 Å². The molecule has 0 aromatic rings. The Morgan fingerprint density at radius 2 is 1.10 bits per heavy atom. The second-order valence-electron chi connectivity index (χ2n) is 12.0. The predicted octanol–water partition coefficient (Wildman–Crippen LogP) is 10.5. The Balaban J connectivity index is 3.98. The largest absolute Gasteiger partial charge is 0.355 e. The Kier molecular flexibility index (Phi) is 32.8. The highest BCUT2D eigenvalue weighted by atomic mass is 32.2. The minimum absolute atomic E-state index is 0.230. The highest BCUT2D eigenvalue weighted by Crippen LogP contribution is 2.24. The van der Waals surface area contributed by atoms with Crippen LogP contribution in [0.15, 0.2) is 0 Å². The normalized spacial score (nSPS) is 12.3. The van der Waals surface area contributed by atoms with Crippen LogP contribution in [0.4, 0.5) is 0 Å². The van der Waals surface area contributed by atoms with E-state index in [1.807, 2.05) is 0 Å². The Morgan fingerprint density at radius 3 is 1.59 bits per heavy atom.